The molecule has 0 bridgehead atoms. The lowest BCUT2D eigenvalue weighted by atomic mass is 9.70. The summed E-state index contributed by atoms with van der Waals surface area (Å²) in [5.41, 5.74) is 0.315. The van der Waals surface area contributed by atoms with Crippen LogP contribution in [0.5, 0.6) is 0 Å². The van der Waals surface area contributed by atoms with E-state index >= 15 is 0 Å². The van der Waals surface area contributed by atoms with Crippen LogP contribution < -0.4 is 5.32 Å². The molecule has 1 amide bonds. The van der Waals surface area contributed by atoms with Gasteiger partial charge in [0, 0.05) is 12.1 Å². The first-order chi connectivity index (χ1) is 9.28. The lowest BCUT2D eigenvalue weighted by Gasteiger charge is -2.39. The smallest absolute Gasteiger partial charge is 0.338 e. The molecule has 1 aliphatic carbocycles. The Balaban J connectivity index is 1.99. The first-order valence-electron chi connectivity index (χ1n) is 6.91. The van der Waals surface area contributed by atoms with Crippen molar-refractivity contribution in [1.82, 2.24) is 5.32 Å². The number of aromatic carboxylic acids is 1. The first-order valence-corrected chi connectivity index (χ1v) is 6.91. The maximum absolute atomic E-state index is 12.1. The summed E-state index contributed by atoms with van der Waals surface area (Å²) in [6.07, 6.45) is 4.16. The third-order valence-electron chi connectivity index (χ3n) is 4.08. The molecular formula is C15H21NO4. The number of rotatable bonds is 3. The van der Waals surface area contributed by atoms with E-state index in [4.69, 9.17) is 9.52 Å². The van der Waals surface area contributed by atoms with E-state index in [1.807, 2.05) is 0 Å². The molecular weight excluding hydrogens is 258 g/mol. The Kier molecular flexibility index (Phi) is 3.88. The van der Waals surface area contributed by atoms with Gasteiger partial charge in [-0.15, -0.1) is 0 Å². The number of carbonyl (C=O) groups excluding carboxylic acids is 1. The summed E-state index contributed by atoms with van der Waals surface area (Å²) in [6, 6.07) is 1.38. The van der Waals surface area contributed by atoms with Crippen LogP contribution in [0.4, 0.5) is 0 Å². The highest BCUT2D eigenvalue weighted by molar-refractivity contribution is 5.95. The van der Waals surface area contributed by atoms with Crippen molar-refractivity contribution < 1.29 is 19.1 Å². The predicted octanol–water partition coefficient (Wildman–Crippen LogP) is 2.92. The average molecular weight is 279 g/mol. The van der Waals surface area contributed by atoms with Crippen LogP contribution >= 0.6 is 0 Å². The molecule has 0 radical (unpaired) electrons. The maximum atomic E-state index is 12.1. The summed E-state index contributed by atoms with van der Waals surface area (Å²) in [4.78, 5) is 22.8. The minimum atomic E-state index is -1.10. The quantitative estimate of drug-likeness (QED) is 0.891. The van der Waals surface area contributed by atoms with Gasteiger partial charge < -0.3 is 14.8 Å². The fourth-order valence-electron chi connectivity index (χ4n) is 2.97. The third-order valence-corrected chi connectivity index (χ3v) is 4.08. The van der Waals surface area contributed by atoms with Crippen molar-refractivity contribution in [2.24, 2.45) is 11.3 Å². The van der Waals surface area contributed by atoms with Crippen molar-refractivity contribution in [2.75, 3.05) is 0 Å². The van der Waals surface area contributed by atoms with Crippen molar-refractivity contribution in [2.45, 2.75) is 46.1 Å². The highest BCUT2D eigenvalue weighted by Crippen LogP contribution is 2.38. The summed E-state index contributed by atoms with van der Waals surface area (Å²) >= 11 is 0. The number of furan rings is 1. The SMILES string of the molecule is CC1CC(C)(C)CCC1NC(=O)c1cc(C(=O)O)co1. The van der Waals surface area contributed by atoms with Crippen LogP contribution in [0.1, 0.15) is 60.9 Å². The van der Waals surface area contributed by atoms with Crippen molar-refractivity contribution in [1.29, 1.82) is 0 Å². The normalized spacial score (nSPS) is 25.1. The predicted molar refractivity (Wildman–Crippen MR) is 73.7 cm³/mol. The molecule has 1 aromatic heterocycles. The molecule has 2 rings (SSSR count). The minimum Gasteiger partial charge on any atom is -0.478 e. The molecule has 1 aromatic rings. The van der Waals surface area contributed by atoms with E-state index in [0.717, 1.165) is 25.5 Å². The highest BCUT2D eigenvalue weighted by atomic mass is 16.4. The van der Waals surface area contributed by atoms with Crippen molar-refractivity contribution >= 4 is 11.9 Å². The van der Waals surface area contributed by atoms with Gasteiger partial charge in [0.15, 0.2) is 5.76 Å². The number of carboxylic acids is 1. The zero-order valence-corrected chi connectivity index (χ0v) is 12.1. The zero-order chi connectivity index (χ0) is 14.9. The van der Waals surface area contributed by atoms with Crippen LogP contribution in [0.2, 0.25) is 0 Å². The Morgan fingerprint density at radius 3 is 2.70 bits per heavy atom. The van der Waals surface area contributed by atoms with Gasteiger partial charge in [-0.2, -0.15) is 0 Å². The summed E-state index contributed by atoms with van der Waals surface area (Å²) in [6.45, 7) is 6.62. The molecule has 0 spiro atoms. The standard InChI is InChI=1S/C15H21NO4/c1-9-7-15(2,3)5-4-11(9)16-13(17)12-6-10(8-20-12)14(18)19/h6,8-9,11H,4-5,7H2,1-3H3,(H,16,17)(H,18,19). The highest BCUT2D eigenvalue weighted by Gasteiger charge is 2.33. The number of hydrogen-bond acceptors (Lipinski definition) is 3. The number of hydrogen-bond donors (Lipinski definition) is 2. The Bertz CT molecular complexity index is 518. The fourth-order valence-corrected chi connectivity index (χ4v) is 2.97. The summed E-state index contributed by atoms with van der Waals surface area (Å²) in [5, 5.41) is 11.8. The fraction of sp³-hybridized carbons (Fsp3) is 0.600. The van der Waals surface area contributed by atoms with E-state index in [1.54, 1.807) is 0 Å². The molecule has 1 fully saturated rings. The minimum absolute atomic E-state index is 0.00650. The van der Waals surface area contributed by atoms with Gasteiger partial charge in [-0.05, 0) is 30.6 Å². The van der Waals surface area contributed by atoms with Gasteiger partial charge >= 0.3 is 5.97 Å². The molecule has 0 saturated heterocycles. The molecule has 5 nitrogen and oxygen atoms in total. The lowest BCUT2D eigenvalue weighted by Crippen LogP contribution is -2.44. The Morgan fingerprint density at radius 1 is 1.45 bits per heavy atom. The molecule has 20 heavy (non-hydrogen) atoms. The van der Waals surface area contributed by atoms with Crippen molar-refractivity contribution in [3.8, 4) is 0 Å². The van der Waals surface area contributed by atoms with Gasteiger partial charge in [-0.3, -0.25) is 4.79 Å². The molecule has 110 valence electrons. The third kappa shape index (κ3) is 3.21. The van der Waals surface area contributed by atoms with E-state index < -0.39 is 5.97 Å². The van der Waals surface area contributed by atoms with Gasteiger partial charge in [0.2, 0.25) is 0 Å². The van der Waals surface area contributed by atoms with E-state index in [-0.39, 0.29) is 23.3 Å². The molecule has 5 heteroatoms. The van der Waals surface area contributed by atoms with Gasteiger partial charge in [0.25, 0.3) is 5.91 Å². The van der Waals surface area contributed by atoms with Crippen LogP contribution in [-0.2, 0) is 0 Å². The largest absolute Gasteiger partial charge is 0.478 e. The number of carboxylic acid groups (broad SMARTS) is 1. The number of nitrogens with one attached hydrogen (secondary N) is 1. The second kappa shape index (κ2) is 5.31. The zero-order valence-electron chi connectivity index (χ0n) is 12.1. The van der Waals surface area contributed by atoms with Gasteiger partial charge in [-0.25, -0.2) is 4.79 Å². The molecule has 1 saturated carbocycles. The Morgan fingerprint density at radius 2 is 2.15 bits per heavy atom. The van der Waals surface area contributed by atoms with Gasteiger partial charge in [0.05, 0.1) is 5.56 Å². The van der Waals surface area contributed by atoms with Gasteiger partial charge in [-0.1, -0.05) is 20.8 Å². The summed E-state index contributed by atoms with van der Waals surface area (Å²) in [7, 11) is 0. The topological polar surface area (TPSA) is 79.5 Å². The van der Waals surface area contributed by atoms with Crippen molar-refractivity contribution in [3.63, 3.8) is 0 Å². The monoisotopic (exact) mass is 279 g/mol. The molecule has 2 unspecified atom stereocenters. The van der Waals surface area contributed by atoms with Crippen LogP contribution in [0.15, 0.2) is 16.7 Å². The second-order valence-electron chi connectivity index (χ2n) is 6.47. The van der Waals surface area contributed by atoms with E-state index in [9.17, 15) is 9.59 Å². The number of amides is 1. The Hall–Kier alpha value is -1.78. The van der Waals surface area contributed by atoms with Crippen LogP contribution in [-0.4, -0.2) is 23.0 Å². The lowest BCUT2D eigenvalue weighted by molar-refractivity contribution is 0.0695. The van der Waals surface area contributed by atoms with Crippen LogP contribution in [0.3, 0.4) is 0 Å². The van der Waals surface area contributed by atoms with E-state index in [0.29, 0.717) is 11.3 Å². The average Bonchev–Trinajstić information content (AvgIpc) is 2.81. The molecule has 0 aliphatic heterocycles. The number of carbonyl (C=O) groups is 2. The van der Waals surface area contributed by atoms with Crippen molar-refractivity contribution in [3.05, 3.63) is 23.7 Å². The first kappa shape index (κ1) is 14.6. The van der Waals surface area contributed by atoms with E-state index in [2.05, 4.69) is 26.1 Å². The van der Waals surface area contributed by atoms with Gasteiger partial charge in [0.1, 0.15) is 6.26 Å². The summed E-state index contributed by atoms with van der Waals surface area (Å²) in [5.74, 6) is -0.981. The van der Waals surface area contributed by atoms with Crippen LogP contribution in [0.25, 0.3) is 0 Å². The van der Waals surface area contributed by atoms with E-state index in [1.165, 1.54) is 6.07 Å². The molecule has 0 aromatic carbocycles. The Labute approximate surface area is 118 Å². The molecule has 2 N–H and O–H groups in total. The molecule has 1 aliphatic rings. The second-order valence-corrected chi connectivity index (χ2v) is 6.47. The molecule has 1 heterocycles. The summed E-state index contributed by atoms with van der Waals surface area (Å²) < 4.78 is 5.01. The molecule has 2 atom stereocenters. The maximum Gasteiger partial charge on any atom is 0.338 e. The van der Waals surface area contributed by atoms with Crippen LogP contribution in [0, 0.1) is 11.3 Å².